The van der Waals surface area contributed by atoms with Gasteiger partial charge in [0, 0.05) is 17.1 Å². The highest BCUT2D eigenvalue weighted by Crippen LogP contribution is 2.31. The number of halogens is 3. The van der Waals surface area contributed by atoms with Gasteiger partial charge in [-0.25, -0.2) is 9.97 Å². The molecule has 0 aromatic carbocycles. The Bertz CT molecular complexity index is 760. The molecule has 0 unspecified atom stereocenters. The van der Waals surface area contributed by atoms with Crippen molar-refractivity contribution >= 4 is 22.4 Å². The zero-order chi connectivity index (χ0) is 18.6. The number of alkyl halides is 3. The van der Waals surface area contributed by atoms with Crippen molar-refractivity contribution in [1.29, 1.82) is 0 Å². The fourth-order valence-electron chi connectivity index (χ4n) is 2.58. The van der Waals surface area contributed by atoms with Crippen LogP contribution in [0.1, 0.15) is 34.1 Å². The van der Waals surface area contributed by atoms with E-state index in [1.165, 1.54) is 29.5 Å². The smallest absolute Gasteiger partial charge is 0.422 e. The molecule has 0 aliphatic carbocycles. The van der Waals surface area contributed by atoms with Crippen LogP contribution in [0.4, 0.5) is 18.3 Å². The Hall–Kier alpha value is -2.20. The Labute approximate surface area is 151 Å². The van der Waals surface area contributed by atoms with Crippen LogP contribution < -0.4 is 15.4 Å². The van der Waals surface area contributed by atoms with Crippen molar-refractivity contribution in [2.24, 2.45) is 0 Å². The first kappa shape index (κ1) is 18.6. The number of carbonyl (C=O) groups is 1. The van der Waals surface area contributed by atoms with Gasteiger partial charge in [-0.1, -0.05) is 6.07 Å². The van der Waals surface area contributed by atoms with Crippen molar-refractivity contribution in [3.8, 4) is 5.88 Å². The second-order valence-corrected chi connectivity index (χ2v) is 6.87. The lowest BCUT2D eigenvalue weighted by Crippen LogP contribution is -2.26. The van der Waals surface area contributed by atoms with Crippen LogP contribution in [0.5, 0.6) is 5.88 Å². The monoisotopic (exact) mass is 386 g/mol. The minimum atomic E-state index is -4.47. The number of nitrogens with one attached hydrogen (secondary N) is 2. The molecule has 0 radical (unpaired) electrons. The topological polar surface area (TPSA) is 76.1 Å². The van der Waals surface area contributed by atoms with Crippen LogP contribution >= 0.6 is 11.3 Å². The van der Waals surface area contributed by atoms with E-state index in [9.17, 15) is 18.0 Å². The molecule has 6 nitrogen and oxygen atoms in total. The second-order valence-electron chi connectivity index (χ2n) is 5.81. The lowest BCUT2D eigenvalue weighted by molar-refractivity contribution is -0.154. The molecule has 3 heterocycles. The predicted molar refractivity (Wildman–Crippen MR) is 90.7 cm³/mol. The summed E-state index contributed by atoms with van der Waals surface area (Å²) < 4.78 is 41.2. The molecule has 2 aromatic heterocycles. The molecule has 26 heavy (non-hydrogen) atoms. The molecule has 2 aromatic rings. The van der Waals surface area contributed by atoms with Gasteiger partial charge >= 0.3 is 6.18 Å². The number of nitrogens with zero attached hydrogens (tertiary/aromatic N) is 2. The van der Waals surface area contributed by atoms with Gasteiger partial charge < -0.3 is 10.1 Å². The Morgan fingerprint density at radius 2 is 2.12 bits per heavy atom. The molecular formula is C16H17F3N4O2S. The highest BCUT2D eigenvalue weighted by Gasteiger charge is 2.28. The number of carbonyl (C=O) groups excluding carboxylic acids is 1. The summed E-state index contributed by atoms with van der Waals surface area (Å²) in [4.78, 5) is 21.4. The summed E-state index contributed by atoms with van der Waals surface area (Å²) in [5.74, 6) is -0.380. The number of amides is 1. The van der Waals surface area contributed by atoms with Gasteiger partial charge in [0.2, 0.25) is 5.88 Å². The van der Waals surface area contributed by atoms with Gasteiger partial charge in [-0.3, -0.25) is 10.1 Å². The molecule has 1 aliphatic heterocycles. The van der Waals surface area contributed by atoms with Crippen LogP contribution in [-0.2, 0) is 0 Å². The number of ether oxygens (including phenoxy) is 1. The van der Waals surface area contributed by atoms with Gasteiger partial charge in [0.25, 0.3) is 5.91 Å². The normalized spacial score (nSPS) is 15.7. The minimum absolute atomic E-state index is 0.0386. The van der Waals surface area contributed by atoms with Crippen molar-refractivity contribution in [2.45, 2.75) is 24.9 Å². The summed E-state index contributed by atoms with van der Waals surface area (Å²) in [7, 11) is 0. The number of hydrogen-bond donors (Lipinski definition) is 2. The lowest BCUT2D eigenvalue weighted by atomic mass is 9.97. The molecule has 10 heteroatoms. The number of pyridine rings is 1. The van der Waals surface area contributed by atoms with E-state index in [-0.39, 0.29) is 11.6 Å². The molecular weight excluding hydrogens is 369 g/mol. The Kier molecular flexibility index (Phi) is 5.72. The van der Waals surface area contributed by atoms with E-state index in [1.54, 1.807) is 6.20 Å². The van der Waals surface area contributed by atoms with Crippen LogP contribution in [0.25, 0.3) is 0 Å². The SMILES string of the molecule is O=C(Nc1ncc(C2CCNCC2)s1)c1cccc(OCC(F)(F)F)n1. The van der Waals surface area contributed by atoms with Gasteiger partial charge in [-0.2, -0.15) is 13.2 Å². The van der Waals surface area contributed by atoms with Gasteiger partial charge in [0.1, 0.15) is 5.69 Å². The zero-order valence-corrected chi connectivity index (χ0v) is 14.5. The molecule has 2 N–H and O–H groups in total. The quantitative estimate of drug-likeness (QED) is 0.825. The van der Waals surface area contributed by atoms with Gasteiger partial charge in [0.15, 0.2) is 11.7 Å². The molecule has 140 valence electrons. The molecule has 3 rings (SSSR count). The standard InChI is InChI=1S/C16H17F3N4O2S/c17-16(18,19)9-25-13-3-1-2-11(22-13)14(24)23-15-21-8-12(26-15)10-4-6-20-7-5-10/h1-3,8,10,20H,4-7,9H2,(H,21,23,24). The van der Waals surface area contributed by atoms with E-state index >= 15 is 0 Å². The zero-order valence-electron chi connectivity index (χ0n) is 13.7. The summed E-state index contributed by atoms with van der Waals surface area (Å²) in [5, 5.41) is 6.36. The summed E-state index contributed by atoms with van der Waals surface area (Å²) >= 11 is 1.40. The van der Waals surface area contributed by atoms with Crippen LogP contribution in [0, 0.1) is 0 Å². The largest absolute Gasteiger partial charge is 0.468 e. The molecule has 0 bridgehead atoms. The van der Waals surface area contributed by atoms with Gasteiger partial charge in [0.05, 0.1) is 0 Å². The van der Waals surface area contributed by atoms with Crippen LogP contribution in [0.15, 0.2) is 24.4 Å². The van der Waals surface area contributed by atoms with Crippen LogP contribution in [0.3, 0.4) is 0 Å². The summed E-state index contributed by atoms with van der Waals surface area (Å²) in [6, 6.07) is 4.08. The molecule has 0 saturated carbocycles. The van der Waals surface area contributed by atoms with Crippen molar-refractivity contribution in [3.05, 3.63) is 35.0 Å². The third kappa shape index (κ3) is 5.15. The number of anilines is 1. The van der Waals surface area contributed by atoms with Crippen molar-refractivity contribution in [1.82, 2.24) is 15.3 Å². The van der Waals surface area contributed by atoms with Crippen LogP contribution in [-0.4, -0.2) is 41.7 Å². The lowest BCUT2D eigenvalue weighted by Gasteiger charge is -2.20. The Morgan fingerprint density at radius 3 is 2.85 bits per heavy atom. The first-order valence-electron chi connectivity index (χ1n) is 8.05. The highest BCUT2D eigenvalue weighted by molar-refractivity contribution is 7.15. The maximum atomic E-state index is 12.3. The third-order valence-electron chi connectivity index (χ3n) is 3.83. The molecule has 1 amide bonds. The molecule has 0 atom stereocenters. The fourth-order valence-corrected chi connectivity index (χ4v) is 3.56. The minimum Gasteiger partial charge on any atom is -0.468 e. The maximum absolute atomic E-state index is 12.3. The Balaban J connectivity index is 1.62. The summed E-state index contributed by atoms with van der Waals surface area (Å²) in [5.41, 5.74) is -0.0386. The first-order chi connectivity index (χ1) is 12.4. The van der Waals surface area contributed by atoms with Crippen LogP contribution in [0.2, 0.25) is 0 Å². The third-order valence-corrected chi connectivity index (χ3v) is 4.90. The summed E-state index contributed by atoms with van der Waals surface area (Å²) in [6.07, 6.45) is -0.663. The van der Waals surface area contributed by atoms with E-state index in [4.69, 9.17) is 0 Å². The Morgan fingerprint density at radius 1 is 1.35 bits per heavy atom. The number of piperidine rings is 1. The maximum Gasteiger partial charge on any atom is 0.422 e. The average Bonchev–Trinajstić information content (AvgIpc) is 3.09. The first-order valence-corrected chi connectivity index (χ1v) is 8.87. The molecule has 1 aliphatic rings. The molecule has 0 spiro atoms. The predicted octanol–water partition coefficient (Wildman–Crippen LogP) is 3.20. The van der Waals surface area contributed by atoms with Gasteiger partial charge in [-0.05, 0) is 37.9 Å². The number of hydrogen-bond acceptors (Lipinski definition) is 6. The van der Waals surface area contributed by atoms with E-state index in [0.29, 0.717) is 11.0 Å². The highest BCUT2D eigenvalue weighted by atomic mass is 32.1. The number of aromatic nitrogens is 2. The van der Waals surface area contributed by atoms with Crippen molar-refractivity contribution in [3.63, 3.8) is 0 Å². The van der Waals surface area contributed by atoms with Crippen molar-refractivity contribution < 1.29 is 22.7 Å². The second kappa shape index (κ2) is 8.00. The fraction of sp³-hybridized carbons (Fsp3) is 0.438. The van der Waals surface area contributed by atoms with Gasteiger partial charge in [-0.15, -0.1) is 11.3 Å². The van der Waals surface area contributed by atoms with E-state index in [1.807, 2.05) is 0 Å². The average molecular weight is 386 g/mol. The van der Waals surface area contributed by atoms with E-state index in [2.05, 4.69) is 25.3 Å². The molecule has 1 fully saturated rings. The summed E-state index contributed by atoms with van der Waals surface area (Å²) in [6.45, 7) is 0.453. The molecule has 1 saturated heterocycles. The van der Waals surface area contributed by atoms with E-state index < -0.39 is 18.7 Å². The van der Waals surface area contributed by atoms with Crippen molar-refractivity contribution in [2.75, 3.05) is 25.0 Å². The number of rotatable bonds is 5. The van der Waals surface area contributed by atoms with E-state index in [0.717, 1.165) is 30.8 Å². The number of thiazole rings is 1.